The Morgan fingerprint density at radius 2 is 1.75 bits per heavy atom. The highest BCUT2D eigenvalue weighted by Gasteiger charge is 2.71. The van der Waals surface area contributed by atoms with E-state index < -0.39 is 5.79 Å². The molecule has 0 bridgehead atoms. The number of carbonyl (C=O) groups excluding carboxylic acids is 2. The number of hydrogen-bond donors (Lipinski definition) is 0. The van der Waals surface area contributed by atoms with Crippen LogP contribution in [-0.2, 0) is 28.5 Å². The molecule has 6 fully saturated rings. The van der Waals surface area contributed by atoms with Crippen molar-refractivity contribution in [2.75, 3.05) is 6.61 Å². The topological polar surface area (TPSA) is 71.1 Å². The summed E-state index contributed by atoms with van der Waals surface area (Å²) in [5, 5.41) is 0. The minimum absolute atomic E-state index is 0.113. The van der Waals surface area contributed by atoms with Gasteiger partial charge in [0.15, 0.2) is 6.10 Å². The zero-order chi connectivity index (χ0) is 25.5. The zero-order valence-corrected chi connectivity index (χ0v) is 22.9. The maximum Gasteiger partial charge on any atom is 0.302 e. The molecule has 2 heterocycles. The van der Waals surface area contributed by atoms with Gasteiger partial charge in [-0.25, -0.2) is 0 Å². The summed E-state index contributed by atoms with van der Waals surface area (Å²) in [4.78, 5) is 23.0. The molecule has 0 aromatic carbocycles. The molecular formula is C30H46O6. The van der Waals surface area contributed by atoms with Crippen LogP contribution in [0.25, 0.3) is 0 Å². The van der Waals surface area contributed by atoms with Crippen LogP contribution in [0, 0.1) is 52.3 Å². The van der Waals surface area contributed by atoms with Crippen molar-refractivity contribution in [3.05, 3.63) is 0 Å². The molecule has 0 unspecified atom stereocenters. The van der Waals surface area contributed by atoms with E-state index in [1.54, 1.807) is 6.92 Å². The van der Waals surface area contributed by atoms with Crippen molar-refractivity contribution in [1.82, 2.24) is 0 Å². The first-order valence-electron chi connectivity index (χ1n) is 14.7. The molecule has 0 aromatic rings. The third-order valence-electron chi connectivity index (χ3n) is 12.4. The maximum absolute atomic E-state index is 11.6. The fraction of sp³-hybridized carbons (Fsp3) is 0.933. The van der Waals surface area contributed by atoms with Crippen molar-refractivity contribution < 1.29 is 28.5 Å². The predicted octanol–water partition coefficient (Wildman–Crippen LogP) is 5.52. The second kappa shape index (κ2) is 8.69. The summed E-state index contributed by atoms with van der Waals surface area (Å²) >= 11 is 0. The third-order valence-corrected chi connectivity index (χ3v) is 12.4. The molecule has 36 heavy (non-hydrogen) atoms. The normalized spacial score (nSPS) is 55.7. The molecule has 6 nitrogen and oxygen atoms in total. The Morgan fingerprint density at radius 1 is 0.972 bits per heavy atom. The lowest BCUT2D eigenvalue weighted by Gasteiger charge is -2.61. The summed E-state index contributed by atoms with van der Waals surface area (Å²) < 4.78 is 24.7. The van der Waals surface area contributed by atoms with Crippen molar-refractivity contribution in [3.8, 4) is 0 Å². The quantitative estimate of drug-likeness (QED) is 0.374. The van der Waals surface area contributed by atoms with Gasteiger partial charge in [-0.1, -0.05) is 27.7 Å². The van der Waals surface area contributed by atoms with Crippen molar-refractivity contribution in [2.45, 2.75) is 117 Å². The van der Waals surface area contributed by atoms with Gasteiger partial charge in [0.2, 0.25) is 5.79 Å². The Bertz CT molecular complexity index is 891. The van der Waals surface area contributed by atoms with Gasteiger partial charge in [-0.15, -0.1) is 0 Å². The monoisotopic (exact) mass is 502 g/mol. The van der Waals surface area contributed by atoms with E-state index >= 15 is 0 Å². The first kappa shape index (κ1) is 25.2. The maximum atomic E-state index is 11.6. The van der Waals surface area contributed by atoms with Gasteiger partial charge in [-0.2, -0.15) is 0 Å². The Balaban J connectivity index is 1.22. The number of ether oxygens (including phenoxy) is 4. The highest BCUT2D eigenvalue weighted by atomic mass is 16.7. The second-order valence-electron chi connectivity index (χ2n) is 14.0. The van der Waals surface area contributed by atoms with E-state index in [0.29, 0.717) is 42.2 Å². The Hall–Kier alpha value is -1.14. The molecule has 1 spiro atoms. The smallest absolute Gasteiger partial charge is 0.302 e. The summed E-state index contributed by atoms with van der Waals surface area (Å²) in [6.45, 7) is 12.4. The van der Waals surface area contributed by atoms with Gasteiger partial charge in [-0.3, -0.25) is 9.59 Å². The largest absolute Gasteiger partial charge is 0.463 e. The lowest BCUT2D eigenvalue weighted by Crippen LogP contribution is -2.58. The van der Waals surface area contributed by atoms with Crippen molar-refractivity contribution >= 4 is 12.4 Å². The molecular weight excluding hydrogens is 456 g/mol. The zero-order valence-electron chi connectivity index (χ0n) is 22.9. The van der Waals surface area contributed by atoms with Crippen LogP contribution in [0.3, 0.4) is 0 Å². The average molecular weight is 503 g/mol. The fourth-order valence-electron chi connectivity index (χ4n) is 10.9. The summed E-state index contributed by atoms with van der Waals surface area (Å²) in [5.74, 6) is 2.96. The molecule has 6 heteroatoms. The molecule has 6 aliphatic rings. The van der Waals surface area contributed by atoms with E-state index in [0.717, 1.165) is 37.5 Å². The molecule has 4 aliphatic carbocycles. The van der Waals surface area contributed by atoms with Crippen LogP contribution in [0.5, 0.6) is 0 Å². The number of carbonyl (C=O) groups is 2. The second-order valence-corrected chi connectivity index (χ2v) is 14.0. The molecule has 4 saturated carbocycles. The van der Waals surface area contributed by atoms with Crippen molar-refractivity contribution in [3.63, 3.8) is 0 Å². The van der Waals surface area contributed by atoms with Gasteiger partial charge in [0.05, 0.1) is 12.7 Å². The van der Waals surface area contributed by atoms with Crippen LogP contribution in [0.15, 0.2) is 0 Å². The molecule has 6 rings (SSSR count). The first-order valence-corrected chi connectivity index (χ1v) is 14.7. The van der Waals surface area contributed by atoms with Crippen LogP contribution in [0.2, 0.25) is 0 Å². The van der Waals surface area contributed by atoms with Crippen LogP contribution in [0.1, 0.15) is 92.4 Å². The lowest BCUT2D eigenvalue weighted by molar-refractivity contribution is -0.316. The van der Waals surface area contributed by atoms with Crippen molar-refractivity contribution in [1.29, 1.82) is 0 Å². The van der Waals surface area contributed by atoms with Gasteiger partial charge in [0.1, 0.15) is 6.10 Å². The van der Waals surface area contributed by atoms with E-state index in [1.165, 1.54) is 32.1 Å². The standard InChI is InChI=1S/C30H46O6/c1-17-12-26(33-16-31)30(34-15-17)18(2)27-25(36-30)14-24-22-7-6-20-13-21(35-19(3)32)8-10-28(20,4)23(22)9-11-29(24,27)5/h16-18,20-27H,6-15H2,1-5H3/t17-,18-,20+,21-,22+,23-,24-,25-,26-,27-,28-,29-,30-/m0/s1. The number of fused-ring (bicyclic) bond motifs is 7. The lowest BCUT2D eigenvalue weighted by atomic mass is 9.44. The Kier molecular flexibility index (Phi) is 6.07. The average Bonchev–Trinajstić information content (AvgIpc) is 3.27. The third kappa shape index (κ3) is 3.48. The van der Waals surface area contributed by atoms with Crippen LogP contribution < -0.4 is 0 Å². The van der Waals surface area contributed by atoms with Gasteiger partial charge in [0, 0.05) is 12.8 Å². The minimum atomic E-state index is -0.785. The van der Waals surface area contributed by atoms with Gasteiger partial charge in [0.25, 0.3) is 6.47 Å². The van der Waals surface area contributed by atoms with Crippen LogP contribution in [0.4, 0.5) is 0 Å². The predicted molar refractivity (Wildman–Crippen MR) is 134 cm³/mol. The molecule has 202 valence electrons. The highest BCUT2D eigenvalue weighted by Crippen LogP contribution is 2.71. The molecule has 0 aromatic heterocycles. The molecule has 0 radical (unpaired) electrons. The van der Waals surface area contributed by atoms with Gasteiger partial charge >= 0.3 is 5.97 Å². The van der Waals surface area contributed by atoms with Gasteiger partial charge in [-0.05, 0) is 104 Å². The Morgan fingerprint density at radius 3 is 2.50 bits per heavy atom. The summed E-state index contributed by atoms with van der Waals surface area (Å²) in [7, 11) is 0. The molecule has 0 amide bonds. The number of esters is 1. The van der Waals surface area contributed by atoms with Crippen molar-refractivity contribution in [2.24, 2.45) is 52.3 Å². The fourth-order valence-corrected chi connectivity index (χ4v) is 10.9. The minimum Gasteiger partial charge on any atom is -0.463 e. The van der Waals surface area contributed by atoms with E-state index in [2.05, 4.69) is 27.7 Å². The van der Waals surface area contributed by atoms with E-state index in [1.807, 2.05) is 0 Å². The first-order chi connectivity index (χ1) is 17.1. The SMILES string of the molecule is CC(=O)O[C@H]1CC[C@@]2(C)[C@H](CC[C@@H]3[C@@H]2CC[C@]2(C)[C@@H]4[C@H](C[C@@H]32)O[C@@]2(OC[C@@H](C)C[C@@H]2OC=O)[C@H]4C)C1. The molecule has 2 saturated heterocycles. The van der Waals surface area contributed by atoms with E-state index in [9.17, 15) is 9.59 Å². The molecule has 2 aliphatic heterocycles. The summed E-state index contributed by atoms with van der Waals surface area (Å²) in [5.41, 5.74) is 0.600. The molecule has 0 N–H and O–H groups in total. The van der Waals surface area contributed by atoms with Gasteiger partial charge < -0.3 is 18.9 Å². The number of rotatable bonds is 3. The van der Waals surface area contributed by atoms with E-state index in [-0.39, 0.29) is 35.6 Å². The highest BCUT2D eigenvalue weighted by molar-refractivity contribution is 5.66. The summed E-state index contributed by atoms with van der Waals surface area (Å²) in [6, 6.07) is 0. The Labute approximate surface area is 216 Å². The molecule has 13 atom stereocenters. The van der Waals surface area contributed by atoms with E-state index in [4.69, 9.17) is 18.9 Å². The number of hydrogen-bond acceptors (Lipinski definition) is 6. The van der Waals surface area contributed by atoms with Crippen LogP contribution >= 0.6 is 0 Å². The van der Waals surface area contributed by atoms with Crippen LogP contribution in [-0.4, -0.2) is 43.1 Å². The summed E-state index contributed by atoms with van der Waals surface area (Å²) in [6.07, 6.45) is 10.2.